The maximum atomic E-state index is 12.9. The smallest absolute Gasteiger partial charge is 0.253 e. The third kappa shape index (κ3) is 4.79. The summed E-state index contributed by atoms with van der Waals surface area (Å²) >= 11 is 1.60. The minimum absolute atomic E-state index is 0.148. The Morgan fingerprint density at radius 2 is 1.79 bits per heavy atom. The van der Waals surface area contributed by atoms with Crippen LogP contribution in [0, 0.1) is 0 Å². The van der Waals surface area contributed by atoms with E-state index in [9.17, 15) is 13.2 Å². The van der Waals surface area contributed by atoms with Crippen LogP contribution in [0.25, 0.3) is 0 Å². The number of nitrogens with zero attached hydrogens (tertiary/aromatic N) is 3. The summed E-state index contributed by atoms with van der Waals surface area (Å²) in [6, 6.07) is 6.28. The Morgan fingerprint density at radius 3 is 2.36 bits per heavy atom. The van der Waals surface area contributed by atoms with E-state index in [1.165, 1.54) is 0 Å². The molecule has 0 N–H and O–H groups in total. The van der Waals surface area contributed by atoms with E-state index in [0.29, 0.717) is 25.2 Å². The van der Waals surface area contributed by atoms with Gasteiger partial charge in [0, 0.05) is 31.1 Å². The standard InChI is InChI=1S/C20H27N3O3S2/c1-3-19-21-17(15-27-19)14-22(2)20(24)16-8-10-18(11-9-16)28(25,26)23-12-6-4-5-7-13-23/h8-11,15H,3-7,12-14H2,1-2H3. The van der Waals surface area contributed by atoms with Crippen LogP contribution in [0.2, 0.25) is 0 Å². The van der Waals surface area contributed by atoms with Crippen molar-refractivity contribution >= 4 is 27.3 Å². The van der Waals surface area contributed by atoms with Gasteiger partial charge < -0.3 is 4.90 Å². The predicted octanol–water partition coefficient (Wildman–Crippen LogP) is 3.54. The van der Waals surface area contributed by atoms with Gasteiger partial charge in [0.25, 0.3) is 5.91 Å². The Bertz CT molecular complexity index is 899. The summed E-state index contributed by atoms with van der Waals surface area (Å²) in [6.45, 7) is 3.63. The predicted molar refractivity (Wildman–Crippen MR) is 111 cm³/mol. The quantitative estimate of drug-likeness (QED) is 0.715. The van der Waals surface area contributed by atoms with E-state index in [2.05, 4.69) is 11.9 Å². The minimum atomic E-state index is -3.50. The number of hydrogen-bond donors (Lipinski definition) is 0. The van der Waals surface area contributed by atoms with Gasteiger partial charge in [0.05, 0.1) is 22.1 Å². The molecule has 1 aliphatic heterocycles. The van der Waals surface area contributed by atoms with Crippen molar-refractivity contribution in [1.82, 2.24) is 14.2 Å². The van der Waals surface area contributed by atoms with Crippen LogP contribution >= 0.6 is 11.3 Å². The molecule has 1 aromatic heterocycles. The Morgan fingerprint density at radius 1 is 1.14 bits per heavy atom. The third-order valence-electron chi connectivity index (χ3n) is 4.95. The molecule has 28 heavy (non-hydrogen) atoms. The number of sulfonamides is 1. The first-order chi connectivity index (χ1) is 13.4. The normalized spacial score (nSPS) is 15.9. The summed E-state index contributed by atoms with van der Waals surface area (Å²) in [4.78, 5) is 19.0. The van der Waals surface area contributed by atoms with Gasteiger partial charge in [-0.1, -0.05) is 19.8 Å². The van der Waals surface area contributed by atoms with E-state index in [-0.39, 0.29) is 10.8 Å². The lowest BCUT2D eigenvalue weighted by Crippen LogP contribution is -2.32. The molecule has 1 fully saturated rings. The van der Waals surface area contributed by atoms with Crippen LogP contribution in [0.15, 0.2) is 34.5 Å². The Labute approximate surface area is 171 Å². The molecule has 1 amide bonds. The van der Waals surface area contributed by atoms with Crippen LogP contribution in [-0.4, -0.2) is 48.7 Å². The summed E-state index contributed by atoms with van der Waals surface area (Å²) in [7, 11) is -1.77. The molecule has 1 aromatic carbocycles. The van der Waals surface area contributed by atoms with Gasteiger partial charge in [0.2, 0.25) is 10.0 Å². The highest BCUT2D eigenvalue weighted by molar-refractivity contribution is 7.89. The zero-order valence-corrected chi connectivity index (χ0v) is 18.1. The van der Waals surface area contributed by atoms with Crippen molar-refractivity contribution in [2.75, 3.05) is 20.1 Å². The molecular weight excluding hydrogens is 394 g/mol. The highest BCUT2D eigenvalue weighted by Gasteiger charge is 2.25. The third-order valence-corrected chi connectivity index (χ3v) is 7.91. The second-order valence-corrected chi connectivity index (χ2v) is 9.97. The van der Waals surface area contributed by atoms with Gasteiger partial charge in [-0.25, -0.2) is 13.4 Å². The summed E-state index contributed by atoms with van der Waals surface area (Å²) in [5.41, 5.74) is 1.35. The maximum Gasteiger partial charge on any atom is 0.253 e. The van der Waals surface area contributed by atoms with Gasteiger partial charge in [-0.15, -0.1) is 11.3 Å². The maximum absolute atomic E-state index is 12.9. The average molecular weight is 422 g/mol. The molecule has 0 radical (unpaired) electrons. The Balaban J connectivity index is 1.69. The van der Waals surface area contributed by atoms with E-state index < -0.39 is 10.0 Å². The summed E-state index contributed by atoms with van der Waals surface area (Å²) in [5, 5.41) is 3.03. The lowest BCUT2D eigenvalue weighted by molar-refractivity contribution is 0.0783. The first-order valence-electron chi connectivity index (χ1n) is 9.70. The van der Waals surface area contributed by atoms with Crippen molar-refractivity contribution in [2.24, 2.45) is 0 Å². The zero-order valence-electron chi connectivity index (χ0n) is 16.4. The number of carbonyl (C=O) groups is 1. The largest absolute Gasteiger partial charge is 0.336 e. The second-order valence-electron chi connectivity index (χ2n) is 7.09. The van der Waals surface area contributed by atoms with Crippen molar-refractivity contribution in [3.8, 4) is 0 Å². The van der Waals surface area contributed by atoms with Crippen molar-refractivity contribution in [3.05, 3.63) is 45.9 Å². The number of benzene rings is 1. The monoisotopic (exact) mass is 421 g/mol. The molecule has 0 unspecified atom stereocenters. The van der Waals surface area contributed by atoms with Crippen molar-refractivity contribution in [2.45, 2.75) is 50.5 Å². The van der Waals surface area contributed by atoms with E-state index in [1.54, 1.807) is 51.9 Å². The van der Waals surface area contributed by atoms with Crippen LogP contribution in [0.1, 0.15) is 53.7 Å². The highest BCUT2D eigenvalue weighted by Crippen LogP contribution is 2.21. The van der Waals surface area contributed by atoms with Gasteiger partial charge in [-0.3, -0.25) is 4.79 Å². The Hall–Kier alpha value is -1.77. The summed E-state index contributed by atoms with van der Waals surface area (Å²) < 4.78 is 27.3. The Kier molecular flexibility index (Phi) is 6.85. The van der Waals surface area contributed by atoms with E-state index >= 15 is 0 Å². The average Bonchev–Trinajstić information content (AvgIpc) is 2.97. The molecule has 2 heterocycles. The van der Waals surface area contributed by atoms with Crippen LogP contribution in [0.3, 0.4) is 0 Å². The summed E-state index contributed by atoms with van der Waals surface area (Å²) in [5.74, 6) is -0.148. The molecule has 0 bridgehead atoms. The van der Waals surface area contributed by atoms with E-state index in [1.807, 2.05) is 5.38 Å². The molecule has 0 spiro atoms. The number of thiazole rings is 1. The first kappa shape index (κ1) is 21.0. The number of hydrogen-bond acceptors (Lipinski definition) is 5. The molecule has 1 saturated heterocycles. The fourth-order valence-corrected chi connectivity index (χ4v) is 5.57. The van der Waals surface area contributed by atoms with E-state index in [0.717, 1.165) is 42.8 Å². The van der Waals surface area contributed by atoms with Gasteiger partial charge in [0.1, 0.15) is 0 Å². The highest BCUT2D eigenvalue weighted by atomic mass is 32.2. The summed E-state index contributed by atoms with van der Waals surface area (Å²) in [6.07, 6.45) is 4.83. The van der Waals surface area contributed by atoms with Crippen molar-refractivity contribution in [3.63, 3.8) is 0 Å². The molecule has 152 valence electrons. The number of carbonyl (C=O) groups excluding carboxylic acids is 1. The van der Waals surface area contributed by atoms with E-state index in [4.69, 9.17) is 0 Å². The minimum Gasteiger partial charge on any atom is -0.336 e. The molecule has 2 aromatic rings. The van der Waals surface area contributed by atoms with Crippen LogP contribution in [0.4, 0.5) is 0 Å². The fraction of sp³-hybridized carbons (Fsp3) is 0.500. The molecule has 1 aliphatic rings. The number of aromatic nitrogens is 1. The van der Waals surface area contributed by atoms with Gasteiger partial charge in [-0.2, -0.15) is 4.31 Å². The van der Waals surface area contributed by atoms with Gasteiger partial charge >= 0.3 is 0 Å². The molecule has 8 heteroatoms. The lowest BCUT2D eigenvalue weighted by Gasteiger charge is -2.20. The zero-order chi connectivity index (χ0) is 20.1. The number of aryl methyl sites for hydroxylation is 1. The SMILES string of the molecule is CCc1nc(CN(C)C(=O)c2ccc(S(=O)(=O)N3CCCCCC3)cc2)cs1. The van der Waals surface area contributed by atoms with Crippen molar-refractivity contribution < 1.29 is 13.2 Å². The lowest BCUT2D eigenvalue weighted by atomic mass is 10.2. The molecular formula is C20H27N3O3S2. The van der Waals surface area contributed by atoms with Gasteiger partial charge in [0.15, 0.2) is 0 Å². The van der Waals surface area contributed by atoms with Crippen LogP contribution in [-0.2, 0) is 23.0 Å². The topological polar surface area (TPSA) is 70.6 Å². The first-order valence-corrected chi connectivity index (χ1v) is 12.0. The molecule has 3 rings (SSSR count). The number of amides is 1. The number of rotatable bonds is 6. The van der Waals surface area contributed by atoms with Crippen LogP contribution in [0.5, 0.6) is 0 Å². The van der Waals surface area contributed by atoms with Crippen molar-refractivity contribution in [1.29, 1.82) is 0 Å². The fourth-order valence-electron chi connectivity index (χ4n) is 3.32. The molecule has 6 nitrogen and oxygen atoms in total. The van der Waals surface area contributed by atoms with Gasteiger partial charge in [-0.05, 0) is 43.5 Å². The molecule has 0 aliphatic carbocycles. The molecule has 0 atom stereocenters. The second kappa shape index (κ2) is 9.15. The van der Waals surface area contributed by atoms with Crippen LogP contribution < -0.4 is 0 Å². The molecule has 0 saturated carbocycles.